The number of carbonyl (C=O) groups is 1. The summed E-state index contributed by atoms with van der Waals surface area (Å²) in [5.74, 6) is -0.523. The molecule has 0 N–H and O–H groups in total. The highest BCUT2D eigenvalue weighted by Crippen LogP contribution is 2.18. The van der Waals surface area contributed by atoms with Gasteiger partial charge in [0.25, 0.3) is 5.56 Å². The first-order chi connectivity index (χ1) is 9.15. The fourth-order valence-electron chi connectivity index (χ4n) is 1.56. The zero-order chi connectivity index (χ0) is 13.8. The van der Waals surface area contributed by atoms with Gasteiger partial charge in [0.1, 0.15) is 6.33 Å². The van der Waals surface area contributed by atoms with E-state index in [1.54, 1.807) is 23.9 Å². The Balaban J connectivity index is 2.53. The first-order valence-electron chi connectivity index (χ1n) is 5.46. The van der Waals surface area contributed by atoms with Crippen LogP contribution in [0.3, 0.4) is 0 Å². The maximum atomic E-state index is 12.2. The average Bonchev–Trinajstić information content (AvgIpc) is 2.46. The van der Waals surface area contributed by atoms with Crippen LogP contribution >= 0.6 is 11.8 Å². The second kappa shape index (κ2) is 5.71. The van der Waals surface area contributed by atoms with E-state index in [-0.39, 0.29) is 5.56 Å². The molecule has 1 heterocycles. The Kier molecular flexibility index (Phi) is 4.01. The molecule has 1 aromatic carbocycles. The number of thioether (sulfide) groups is 1. The number of ether oxygens (including phenoxy) is 1. The third-order valence-electron chi connectivity index (χ3n) is 2.56. The fraction of sp³-hybridized carbons (Fsp3) is 0.154. The molecule has 0 bridgehead atoms. The molecule has 6 heteroatoms. The largest absolute Gasteiger partial charge is 0.466 e. The number of hydrogen-bond donors (Lipinski definition) is 0. The van der Waals surface area contributed by atoms with E-state index >= 15 is 0 Å². The van der Waals surface area contributed by atoms with Gasteiger partial charge >= 0.3 is 5.97 Å². The lowest BCUT2D eigenvalue weighted by molar-refractivity contribution is -0.134. The molecule has 0 unspecified atom stereocenters. The minimum Gasteiger partial charge on any atom is -0.466 e. The molecule has 1 aromatic heterocycles. The molecular weight excluding hydrogens is 264 g/mol. The topological polar surface area (TPSA) is 61.2 Å². The first kappa shape index (κ1) is 13.4. The van der Waals surface area contributed by atoms with E-state index in [2.05, 4.69) is 9.72 Å². The second-order valence-corrected chi connectivity index (χ2v) is 4.56. The van der Waals surface area contributed by atoms with Gasteiger partial charge in [0.05, 0.1) is 18.0 Å². The molecule has 0 fully saturated rings. The molecule has 0 spiro atoms. The SMILES string of the molecule is COC(=O)C=Cn1cnc2ccc(SC)cc2c1=O. The van der Waals surface area contributed by atoms with Crippen LogP contribution in [0.4, 0.5) is 0 Å². The van der Waals surface area contributed by atoms with Crippen LogP contribution < -0.4 is 5.56 Å². The van der Waals surface area contributed by atoms with E-state index in [4.69, 9.17) is 0 Å². The lowest BCUT2D eigenvalue weighted by Gasteiger charge is -2.02. The monoisotopic (exact) mass is 276 g/mol. The fourth-order valence-corrected chi connectivity index (χ4v) is 2.00. The van der Waals surface area contributed by atoms with E-state index in [1.165, 1.54) is 30.3 Å². The van der Waals surface area contributed by atoms with Crippen molar-refractivity contribution in [3.8, 4) is 0 Å². The van der Waals surface area contributed by atoms with Gasteiger partial charge < -0.3 is 4.74 Å². The first-order valence-corrected chi connectivity index (χ1v) is 6.69. The molecule has 19 heavy (non-hydrogen) atoms. The Bertz CT molecular complexity index is 707. The Morgan fingerprint density at radius 3 is 2.95 bits per heavy atom. The van der Waals surface area contributed by atoms with Crippen LogP contribution in [0.2, 0.25) is 0 Å². The van der Waals surface area contributed by atoms with E-state index in [1.807, 2.05) is 12.3 Å². The number of aromatic nitrogens is 2. The smallest absolute Gasteiger partial charge is 0.331 e. The quantitative estimate of drug-likeness (QED) is 0.485. The van der Waals surface area contributed by atoms with Crippen molar-refractivity contribution in [2.45, 2.75) is 4.90 Å². The summed E-state index contributed by atoms with van der Waals surface area (Å²) in [6, 6.07) is 5.50. The van der Waals surface area contributed by atoms with Crippen molar-refractivity contribution in [3.05, 3.63) is 41.0 Å². The number of nitrogens with zero attached hydrogens (tertiary/aromatic N) is 2. The van der Waals surface area contributed by atoms with E-state index in [0.29, 0.717) is 10.9 Å². The average molecular weight is 276 g/mol. The van der Waals surface area contributed by atoms with Crippen LogP contribution in [0.5, 0.6) is 0 Å². The highest BCUT2D eigenvalue weighted by atomic mass is 32.2. The summed E-state index contributed by atoms with van der Waals surface area (Å²) in [6.07, 6.45) is 5.83. The summed E-state index contributed by atoms with van der Waals surface area (Å²) in [6.45, 7) is 0. The van der Waals surface area contributed by atoms with Crippen molar-refractivity contribution >= 4 is 34.8 Å². The van der Waals surface area contributed by atoms with E-state index in [9.17, 15) is 9.59 Å². The Morgan fingerprint density at radius 2 is 2.26 bits per heavy atom. The van der Waals surface area contributed by atoms with Crippen molar-refractivity contribution < 1.29 is 9.53 Å². The second-order valence-electron chi connectivity index (χ2n) is 3.68. The zero-order valence-corrected chi connectivity index (χ0v) is 11.3. The molecule has 0 atom stereocenters. The van der Waals surface area contributed by atoms with Gasteiger partial charge in [-0.05, 0) is 24.5 Å². The lowest BCUT2D eigenvalue weighted by Crippen LogP contribution is -2.16. The third-order valence-corrected chi connectivity index (χ3v) is 3.29. The summed E-state index contributed by atoms with van der Waals surface area (Å²) in [5.41, 5.74) is 0.409. The normalized spacial score (nSPS) is 11.1. The van der Waals surface area contributed by atoms with Gasteiger partial charge in [0.15, 0.2) is 0 Å². The number of rotatable bonds is 3. The molecular formula is C13H12N2O3S. The highest BCUT2D eigenvalue weighted by molar-refractivity contribution is 7.98. The Labute approximate surface area is 113 Å². The molecule has 98 valence electrons. The van der Waals surface area contributed by atoms with Gasteiger partial charge in [-0.3, -0.25) is 9.36 Å². The van der Waals surface area contributed by atoms with Crippen molar-refractivity contribution in [3.63, 3.8) is 0 Å². The Hall–Kier alpha value is -2.08. The number of carbonyl (C=O) groups excluding carboxylic acids is 1. The summed E-state index contributed by atoms with van der Waals surface area (Å²) in [5, 5.41) is 0.517. The van der Waals surface area contributed by atoms with Gasteiger partial charge in [0, 0.05) is 17.2 Å². The summed E-state index contributed by atoms with van der Waals surface area (Å²) >= 11 is 1.55. The molecule has 0 aliphatic carbocycles. The summed E-state index contributed by atoms with van der Waals surface area (Å²) in [7, 11) is 1.28. The van der Waals surface area contributed by atoms with Crippen molar-refractivity contribution in [2.75, 3.05) is 13.4 Å². The molecule has 0 aliphatic heterocycles. The van der Waals surface area contributed by atoms with E-state index < -0.39 is 5.97 Å². The zero-order valence-electron chi connectivity index (χ0n) is 10.5. The molecule has 0 radical (unpaired) electrons. The minimum absolute atomic E-state index is 0.221. The van der Waals surface area contributed by atoms with Crippen LogP contribution in [0.1, 0.15) is 0 Å². The number of fused-ring (bicyclic) bond motifs is 1. The number of benzene rings is 1. The van der Waals surface area contributed by atoms with Crippen molar-refractivity contribution in [1.29, 1.82) is 0 Å². The number of hydrogen-bond acceptors (Lipinski definition) is 5. The predicted octanol–water partition coefficient (Wildman–Crippen LogP) is 1.76. The summed E-state index contributed by atoms with van der Waals surface area (Å²) in [4.78, 5) is 28.4. The van der Waals surface area contributed by atoms with Crippen molar-refractivity contribution in [1.82, 2.24) is 9.55 Å². The standard InChI is InChI=1S/C13H12N2O3S/c1-18-12(16)5-6-15-8-14-11-4-3-9(19-2)7-10(11)13(15)17/h3-8H,1-2H3. The molecule has 0 aliphatic rings. The summed E-state index contributed by atoms with van der Waals surface area (Å²) < 4.78 is 5.72. The molecule has 2 rings (SSSR count). The van der Waals surface area contributed by atoms with Crippen LogP contribution in [-0.4, -0.2) is 28.9 Å². The van der Waals surface area contributed by atoms with Crippen LogP contribution in [0.15, 0.2) is 40.3 Å². The minimum atomic E-state index is -0.523. The number of methoxy groups -OCH3 is 1. The lowest BCUT2D eigenvalue weighted by atomic mass is 10.2. The van der Waals surface area contributed by atoms with Crippen LogP contribution in [-0.2, 0) is 9.53 Å². The number of esters is 1. The predicted molar refractivity (Wildman–Crippen MR) is 75.1 cm³/mol. The maximum absolute atomic E-state index is 12.2. The van der Waals surface area contributed by atoms with Gasteiger partial charge in [-0.15, -0.1) is 11.8 Å². The van der Waals surface area contributed by atoms with Gasteiger partial charge in [-0.25, -0.2) is 9.78 Å². The van der Waals surface area contributed by atoms with Gasteiger partial charge in [-0.1, -0.05) is 0 Å². The molecule has 2 aromatic rings. The van der Waals surface area contributed by atoms with Gasteiger partial charge in [-0.2, -0.15) is 0 Å². The highest BCUT2D eigenvalue weighted by Gasteiger charge is 2.04. The van der Waals surface area contributed by atoms with E-state index in [0.717, 1.165) is 4.90 Å². The van der Waals surface area contributed by atoms with Gasteiger partial charge in [0.2, 0.25) is 0 Å². The molecule has 5 nitrogen and oxygen atoms in total. The maximum Gasteiger partial charge on any atom is 0.331 e. The molecule has 0 saturated carbocycles. The third kappa shape index (κ3) is 2.85. The van der Waals surface area contributed by atoms with Crippen LogP contribution in [0, 0.1) is 0 Å². The molecule has 0 saturated heterocycles. The Morgan fingerprint density at radius 1 is 1.47 bits per heavy atom. The van der Waals surface area contributed by atoms with Crippen molar-refractivity contribution in [2.24, 2.45) is 0 Å². The molecule has 0 amide bonds. The van der Waals surface area contributed by atoms with Crippen LogP contribution in [0.25, 0.3) is 17.1 Å².